The molecule has 306 valence electrons. The lowest BCUT2D eigenvalue weighted by Crippen LogP contribution is -2.54. The molecule has 3 aromatic rings. The van der Waals surface area contributed by atoms with Crippen LogP contribution in [0.25, 0.3) is 0 Å². The molecule has 20 heteroatoms. The van der Waals surface area contributed by atoms with Crippen LogP contribution >= 0.6 is 0 Å². The molecule has 58 heavy (non-hydrogen) atoms. The van der Waals surface area contributed by atoms with E-state index in [-0.39, 0.29) is 75.0 Å². The van der Waals surface area contributed by atoms with Gasteiger partial charge in [-0.15, -0.1) is 5.10 Å². The van der Waals surface area contributed by atoms with E-state index in [1.807, 2.05) is 0 Å². The number of nitrogens with one attached hydrogen (secondary N) is 1. The molecule has 6 rings (SSSR count). The Balaban J connectivity index is 0.868. The number of aryl methyl sites for hydroxylation is 1. The average molecular weight is 809 g/mol. The average Bonchev–Trinajstić information content (AvgIpc) is 3.79. The molecule has 0 spiro atoms. The van der Waals surface area contributed by atoms with Crippen LogP contribution in [-0.4, -0.2) is 105 Å². The SMILES string of the molecule is CC1(C)C(=O)N(c2ccc(C#N)c(C(F)(F)F)c2)C(=O)N1CCCCCn1cc(COCCOCCOc2cccc3c2C(=O)N(C2CCC(=O)NC2=O)C3=O)nn1. The fourth-order valence-corrected chi connectivity index (χ4v) is 6.89. The first-order chi connectivity index (χ1) is 27.6. The molecule has 3 aliphatic heterocycles. The molecule has 2 aromatic carbocycles. The van der Waals surface area contributed by atoms with Gasteiger partial charge in [0, 0.05) is 19.5 Å². The number of ether oxygens (including phenoxy) is 3. The second kappa shape index (κ2) is 17.1. The van der Waals surface area contributed by atoms with Gasteiger partial charge < -0.3 is 19.1 Å². The molecule has 2 fully saturated rings. The van der Waals surface area contributed by atoms with Crippen LogP contribution in [0.5, 0.6) is 5.75 Å². The number of benzene rings is 2. The number of fused-ring (bicyclic) bond motifs is 1. The minimum Gasteiger partial charge on any atom is -0.490 e. The minimum absolute atomic E-state index is 0.0170. The van der Waals surface area contributed by atoms with E-state index in [1.54, 1.807) is 23.0 Å². The third-order valence-electron chi connectivity index (χ3n) is 9.90. The number of carbonyl (C=O) groups excluding carboxylic acids is 6. The Morgan fingerprint density at radius 3 is 2.43 bits per heavy atom. The van der Waals surface area contributed by atoms with Crippen LogP contribution in [-0.2, 0) is 43.2 Å². The molecule has 7 amide bonds. The number of rotatable bonds is 17. The lowest BCUT2D eigenvalue weighted by atomic mass is 10.0. The van der Waals surface area contributed by atoms with Crippen molar-refractivity contribution in [3.63, 3.8) is 0 Å². The summed E-state index contributed by atoms with van der Waals surface area (Å²) in [5.74, 6) is -2.93. The summed E-state index contributed by atoms with van der Waals surface area (Å²) in [5, 5.41) is 19.5. The second-order valence-corrected chi connectivity index (χ2v) is 14.1. The zero-order valence-electron chi connectivity index (χ0n) is 31.5. The molecule has 0 radical (unpaired) electrons. The van der Waals surface area contributed by atoms with E-state index in [9.17, 15) is 41.9 Å². The normalized spacial score (nSPS) is 17.9. The number of imide groups is 3. The number of halogens is 3. The smallest absolute Gasteiger partial charge is 0.417 e. The van der Waals surface area contributed by atoms with Crippen LogP contribution in [0.15, 0.2) is 42.6 Å². The summed E-state index contributed by atoms with van der Waals surface area (Å²) < 4.78 is 59.2. The van der Waals surface area contributed by atoms with Crippen molar-refractivity contribution in [2.24, 2.45) is 0 Å². The van der Waals surface area contributed by atoms with Gasteiger partial charge in [-0.1, -0.05) is 11.3 Å². The number of aromatic nitrogens is 3. The van der Waals surface area contributed by atoms with Crippen LogP contribution in [0, 0.1) is 11.3 Å². The summed E-state index contributed by atoms with van der Waals surface area (Å²) in [7, 11) is 0. The van der Waals surface area contributed by atoms with Gasteiger partial charge in [0.25, 0.3) is 17.7 Å². The van der Waals surface area contributed by atoms with E-state index >= 15 is 0 Å². The van der Waals surface area contributed by atoms with Crippen molar-refractivity contribution in [1.29, 1.82) is 5.26 Å². The third kappa shape index (κ3) is 8.55. The Hall–Kier alpha value is -6.20. The Morgan fingerprint density at radius 1 is 0.948 bits per heavy atom. The maximum absolute atomic E-state index is 13.5. The van der Waals surface area contributed by atoms with Gasteiger partial charge in [0.05, 0.1) is 66.6 Å². The van der Waals surface area contributed by atoms with Crippen molar-refractivity contribution in [1.82, 2.24) is 30.1 Å². The molecular weight excluding hydrogens is 769 g/mol. The standard InChI is InChI=1S/C38H39F3N8O9/c1-37(2)35(54)48(25-10-9-23(20-42)27(19-25)38(39,40)41)36(55)47(37)14-5-3-4-13-46-21-24(44-45-46)22-57-16-15-56-17-18-58-29-8-6-7-26-31(29)34(53)49(33(26)52)28-11-12-30(50)43-32(28)51/h6-10,19,21,28H,3-5,11-18,22H2,1-2H3,(H,43,50,51). The molecular formula is C38H39F3N8O9. The number of alkyl halides is 3. The molecule has 4 heterocycles. The Kier molecular flexibility index (Phi) is 12.2. The maximum Gasteiger partial charge on any atom is 0.417 e. The number of carbonyl (C=O) groups is 6. The van der Waals surface area contributed by atoms with Crippen molar-refractivity contribution in [2.45, 2.75) is 76.9 Å². The van der Waals surface area contributed by atoms with Crippen LogP contribution in [0.1, 0.15) is 83.5 Å². The van der Waals surface area contributed by atoms with Gasteiger partial charge >= 0.3 is 12.2 Å². The number of anilines is 1. The molecule has 1 atom stereocenters. The van der Waals surface area contributed by atoms with Crippen molar-refractivity contribution >= 4 is 41.3 Å². The summed E-state index contributed by atoms with van der Waals surface area (Å²) in [4.78, 5) is 79.4. The minimum atomic E-state index is -4.84. The van der Waals surface area contributed by atoms with E-state index in [0.717, 1.165) is 21.9 Å². The zero-order valence-corrected chi connectivity index (χ0v) is 31.5. The number of hydrogen-bond donors (Lipinski definition) is 1. The summed E-state index contributed by atoms with van der Waals surface area (Å²) in [6.45, 7) is 4.65. The summed E-state index contributed by atoms with van der Waals surface area (Å²) in [6, 6.07) is 7.02. The lowest BCUT2D eigenvalue weighted by Gasteiger charge is -2.27. The first-order valence-corrected chi connectivity index (χ1v) is 18.4. The molecule has 1 unspecified atom stereocenters. The quantitative estimate of drug-likeness (QED) is 0.118. The van der Waals surface area contributed by atoms with Crippen molar-refractivity contribution < 1.29 is 56.1 Å². The van der Waals surface area contributed by atoms with Gasteiger partial charge in [0.1, 0.15) is 29.6 Å². The molecule has 0 saturated carbocycles. The molecule has 0 bridgehead atoms. The summed E-state index contributed by atoms with van der Waals surface area (Å²) >= 11 is 0. The van der Waals surface area contributed by atoms with E-state index in [4.69, 9.17) is 19.5 Å². The predicted molar refractivity (Wildman–Crippen MR) is 193 cm³/mol. The van der Waals surface area contributed by atoms with Gasteiger partial charge in [-0.3, -0.25) is 38.9 Å². The second-order valence-electron chi connectivity index (χ2n) is 14.1. The van der Waals surface area contributed by atoms with Gasteiger partial charge in [-0.2, -0.15) is 18.4 Å². The largest absolute Gasteiger partial charge is 0.490 e. The van der Waals surface area contributed by atoms with Crippen LogP contribution < -0.4 is 15.0 Å². The molecule has 1 N–H and O–H groups in total. The Bertz CT molecular complexity index is 2170. The van der Waals surface area contributed by atoms with Crippen molar-refractivity contribution in [3.8, 4) is 11.8 Å². The van der Waals surface area contributed by atoms with Gasteiger partial charge in [-0.25, -0.2) is 9.69 Å². The van der Waals surface area contributed by atoms with Crippen LogP contribution in [0.2, 0.25) is 0 Å². The topological polar surface area (TPSA) is 206 Å². The van der Waals surface area contributed by atoms with E-state index in [0.29, 0.717) is 37.6 Å². The van der Waals surface area contributed by atoms with Gasteiger partial charge in [0.2, 0.25) is 11.8 Å². The van der Waals surface area contributed by atoms with E-state index in [1.165, 1.54) is 30.9 Å². The number of nitrogens with zero attached hydrogens (tertiary/aromatic N) is 7. The molecule has 3 aliphatic rings. The van der Waals surface area contributed by atoms with Crippen molar-refractivity contribution in [3.05, 3.63) is 70.5 Å². The highest BCUT2D eigenvalue weighted by atomic mass is 19.4. The highest BCUT2D eigenvalue weighted by Crippen LogP contribution is 2.38. The number of amides is 7. The number of piperidine rings is 1. The summed E-state index contributed by atoms with van der Waals surface area (Å²) in [5.41, 5.74) is -2.62. The zero-order chi connectivity index (χ0) is 41.8. The molecule has 2 saturated heterocycles. The maximum atomic E-state index is 13.5. The molecule has 17 nitrogen and oxygen atoms in total. The van der Waals surface area contributed by atoms with E-state index in [2.05, 4.69) is 15.6 Å². The van der Waals surface area contributed by atoms with Crippen LogP contribution in [0.4, 0.5) is 23.7 Å². The Labute approximate surface area is 329 Å². The fraction of sp³-hybridized carbons (Fsp3) is 0.447. The highest BCUT2D eigenvalue weighted by molar-refractivity contribution is 6.25. The monoisotopic (exact) mass is 808 g/mol. The lowest BCUT2D eigenvalue weighted by molar-refractivity contribution is -0.138. The molecule has 1 aromatic heterocycles. The Morgan fingerprint density at radius 2 is 1.69 bits per heavy atom. The van der Waals surface area contributed by atoms with E-state index < -0.39 is 64.5 Å². The van der Waals surface area contributed by atoms with Crippen molar-refractivity contribution in [2.75, 3.05) is 37.9 Å². The van der Waals surface area contributed by atoms with Gasteiger partial charge in [0.15, 0.2) is 0 Å². The summed E-state index contributed by atoms with van der Waals surface area (Å²) in [6.07, 6.45) is -1.21. The third-order valence-corrected chi connectivity index (χ3v) is 9.90. The number of hydrogen-bond acceptors (Lipinski definition) is 12. The molecule has 0 aliphatic carbocycles. The number of urea groups is 1. The first-order valence-electron chi connectivity index (χ1n) is 18.4. The first kappa shape index (κ1) is 41.4. The predicted octanol–water partition coefficient (Wildman–Crippen LogP) is 3.60. The van der Waals surface area contributed by atoms with Crippen LogP contribution in [0.3, 0.4) is 0 Å². The highest BCUT2D eigenvalue weighted by Gasteiger charge is 2.52. The fourth-order valence-electron chi connectivity index (χ4n) is 6.89. The number of unbranched alkanes of at least 4 members (excludes halogenated alkanes) is 2. The number of nitriles is 1. The van der Waals surface area contributed by atoms with Gasteiger partial charge in [-0.05, 0) is 69.9 Å².